The first kappa shape index (κ1) is 9.45. The molecule has 0 spiro atoms. The Morgan fingerprint density at radius 2 is 2.30 bits per heavy atom. The molecule has 0 aromatic heterocycles. The average molecular weight is 155 g/mol. The van der Waals surface area contributed by atoms with Gasteiger partial charge in [-0.3, -0.25) is 12.8 Å². The molecule has 0 fully saturated rings. The van der Waals surface area contributed by atoms with E-state index in [0.717, 1.165) is 6.42 Å². The molecule has 0 atom stereocenters. The Morgan fingerprint density at radius 3 is 2.90 bits per heavy atom. The second-order valence-electron chi connectivity index (χ2n) is 2.12. The number of hydrogen-bond donors (Lipinski definition) is 0. The van der Waals surface area contributed by atoms with E-state index in [1.54, 1.807) is 6.08 Å². The van der Waals surface area contributed by atoms with Crippen molar-refractivity contribution in [1.82, 2.24) is 0 Å². The molecule has 0 aromatic carbocycles. The van der Waals surface area contributed by atoms with Crippen LogP contribution in [0.3, 0.4) is 0 Å². The maximum atomic E-state index is 4.32. The fourth-order valence-corrected chi connectivity index (χ4v) is 0.740. The van der Waals surface area contributed by atoms with Crippen LogP contribution in [0.1, 0.15) is 32.6 Å². The second-order valence-corrected chi connectivity index (χ2v) is 2.30. The van der Waals surface area contributed by atoms with Gasteiger partial charge in [0.05, 0.1) is 6.08 Å². The molecule has 0 aliphatic rings. The maximum absolute atomic E-state index is 4.32. The van der Waals surface area contributed by atoms with Crippen LogP contribution in [0.15, 0.2) is 12.2 Å². The zero-order chi connectivity index (χ0) is 7.66. The average Bonchev–Trinajstić information content (AvgIpc) is 1.97. The summed E-state index contributed by atoms with van der Waals surface area (Å²) >= 11 is 4.32. The fourth-order valence-electron chi connectivity index (χ4n) is 0.679. The number of allylic oxidation sites excluding steroid dienone is 2. The molecular formula is C8H13NS. The van der Waals surface area contributed by atoms with E-state index in [9.17, 15) is 0 Å². The van der Waals surface area contributed by atoms with Crippen LogP contribution in [0.25, 0.3) is 4.25 Å². The van der Waals surface area contributed by atoms with Crippen LogP contribution in [-0.2, 0) is 12.8 Å². The predicted molar refractivity (Wildman–Crippen MR) is 47.9 cm³/mol. The smallest absolute Gasteiger partial charge is 0.263 e. The third-order valence-electron chi connectivity index (χ3n) is 1.22. The quantitative estimate of drug-likeness (QED) is 0.343. The van der Waals surface area contributed by atoms with Crippen molar-refractivity contribution in [1.29, 1.82) is 0 Å². The summed E-state index contributed by atoms with van der Waals surface area (Å²) < 4.78 is 3.30. The first-order valence-electron chi connectivity index (χ1n) is 3.64. The van der Waals surface area contributed by atoms with Gasteiger partial charge in [-0.1, -0.05) is 25.8 Å². The highest BCUT2D eigenvalue weighted by Crippen LogP contribution is 1.98. The van der Waals surface area contributed by atoms with E-state index in [4.69, 9.17) is 0 Å². The summed E-state index contributed by atoms with van der Waals surface area (Å²) in [5.74, 6) is 0. The zero-order valence-corrected chi connectivity index (χ0v) is 7.16. The number of nitrogens with zero attached hydrogens (tertiary/aromatic N) is 1. The van der Waals surface area contributed by atoms with Crippen LogP contribution in [0.5, 0.6) is 0 Å². The molecule has 0 aliphatic heterocycles. The SMILES string of the molecule is CCCCCC=CC#[N+][S-]. The largest absolute Gasteiger partial charge is 0.282 e. The van der Waals surface area contributed by atoms with E-state index < -0.39 is 0 Å². The molecule has 0 aliphatic carbocycles. The second kappa shape index (κ2) is 8.45. The molecule has 0 aromatic rings. The van der Waals surface area contributed by atoms with Crippen molar-refractivity contribution in [3.8, 4) is 6.07 Å². The molecule has 0 heterocycles. The molecule has 56 valence electrons. The topological polar surface area (TPSA) is 4.36 Å². The van der Waals surface area contributed by atoms with Crippen LogP contribution < -0.4 is 0 Å². The summed E-state index contributed by atoms with van der Waals surface area (Å²) in [6.45, 7) is 2.19. The number of rotatable bonds is 4. The van der Waals surface area contributed by atoms with E-state index in [1.807, 2.05) is 6.08 Å². The van der Waals surface area contributed by atoms with Gasteiger partial charge in [-0.25, -0.2) is 0 Å². The first-order chi connectivity index (χ1) is 4.91. The van der Waals surface area contributed by atoms with E-state index in [2.05, 4.69) is 30.1 Å². The summed E-state index contributed by atoms with van der Waals surface area (Å²) in [5.41, 5.74) is 0. The summed E-state index contributed by atoms with van der Waals surface area (Å²) in [6.07, 6.45) is 8.77. The van der Waals surface area contributed by atoms with E-state index in [0.29, 0.717) is 0 Å². The van der Waals surface area contributed by atoms with Gasteiger partial charge in [0, 0.05) is 0 Å². The molecule has 10 heavy (non-hydrogen) atoms. The Labute approximate surface area is 68.5 Å². The van der Waals surface area contributed by atoms with Crippen molar-refractivity contribution in [2.24, 2.45) is 0 Å². The van der Waals surface area contributed by atoms with Crippen molar-refractivity contribution in [2.75, 3.05) is 0 Å². The number of hydrogen-bond acceptors (Lipinski definition) is 1. The first-order valence-corrected chi connectivity index (χ1v) is 4.01. The van der Waals surface area contributed by atoms with Crippen LogP contribution in [0.4, 0.5) is 0 Å². The lowest BCUT2D eigenvalue weighted by atomic mass is 10.2. The van der Waals surface area contributed by atoms with Gasteiger partial charge in [-0.2, -0.15) is 4.25 Å². The van der Waals surface area contributed by atoms with Gasteiger partial charge in [0.2, 0.25) is 0 Å². The van der Waals surface area contributed by atoms with Gasteiger partial charge in [0.25, 0.3) is 6.07 Å². The highest BCUT2D eigenvalue weighted by Gasteiger charge is 1.80. The minimum atomic E-state index is 1.12. The standard InChI is InChI=1S/C8H13NS/c1-2-3-4-5-6-7-8-9-10/h6-7H,2-5H2,1H3. The molecule has 0 saturated heterocycles. The van der Waals surface area contributed by atoms with Crippen LogP contribution in [0.2, 0.25) is 0 Å². The summed E-state index contributed by atoms with van der Waals surface area (Å²) in [4.78, 5) is 0. The lowest BCUT2D eigenvalue weighted by Gasteiger charge is -1.88. The Kier molecular flexibility index (Phi) is 7.99. The minimum Gasteiger partial charge on any atom is -0.263 e. The van der Waals surface area contributed by atoms with Gasteiger partial charge in [-0.15, -0.1) is 0 Å². The Balaban J connectivity index is 3.08. The van der Waals surface area contributed by atoms with Gasteiger partial charge < -0.3 is 0 Å². The normalized spacial score (nSPS) is 9.30. The number of unbranched alkanes of at least 4 members (excludes halogenated alkanes) is 3. The van der Waals surface area contributed by atoms with Crippen molar-refractivity contribution in [2.45, 2.75) is 32.6 Å². The Bertz CT molecular complexity index is 141. The lowest BCUT2D eigenvalue weighted by Crippen LogP contribution is -1.69. The highest BCUT2D eigenvalue weighted by atomic mass is 32.1. The molecule has 0 radical (unpaired) electrons. The van der Waals surface area contributed by atoms with Crippen LogP contribution in [0, 0.1) is 6.07 Å². The molecular weight excluding hydrogens is 142 g/mol. The lowest BCUT2D eigenvalue weighted by molar-refractivity contribution is 0.729. The van der Waals surface area contributed by atoms with Crippen molar-refractivity contribution < 1.29 is 0 Å². The Hall–Kier alpha value is -0.550. The zero-order valence-electron chi connectivity index (χ0n) is 6.34. The molecule has 0 amide bonds. The van der Waals surface area contributed by atoms with Gasteiger partial charge in [-0.05, 0) is 12.8 Å². The minimum absolute atomic E-state index is 1.12. The molecule has 0 unspecified atom stereocenters. The maximum Gasteiger partial charge on any atom is 0.282 e. The third kappa shape index (κ3) is 7.45. The van der Waals surface area contributed by atoms with E-state index in [1.165, 1.54) is 19.3 Å². The Morgan fingerprint density at radius 1 is 1.50 bits per heavy atom. The molecule has 2 heteroatoms. The summed E-state index contributed by atoms with van der Waals surface area (Å²) in [7, 11) is 0. The van der Waals surface area contributed by atoms with Gasteiger partial charge >= 0.3 is 0 Å². The summed E-state index contributed by atoms with van der Waals surface area (Å²) in [6, 6.07) is 2.58. The summed E-state index contributed by atoms with van der Waals surface area (Å²) in [5, 5.41) is 0. The molecule has 0 rings (SSSR count). The van der Waals surface area contributed by atoms with Crippen LogP contribution in [-0.4, -0.2) is 0 Å². The fraction of sp³-hybridized carbons (Fsp3) is 0.625. The van der Waals surface area contributed by atoms with E-state index >= 15 is 0 Å². The van der Waals surface area contributed by atoms with E-state index in [-0.39, 0.29) is 0 Å². The highest BCUT2D eigenvalue weighted by molar-refractivity contribution is 7.61. The van der Waals surface area contributed by atoms with Gasteiger partial charge in [0.15, 0.2) is 0 Å². The monoisotopic (exact) mass is 155 g/mol. The predicted octanol–water partition coefficient (Wildman–Crippen LogP) is 2.92. The van der Waals surface area contributed by atoms with Crippen molar-refractivity contribution in [3.05, 3.63) is 16.4 Å². The molecule has 0 bridgehead atoms. The third-order valence-corrected chi connectivity index (χ3v) is 1.32. The molecule has 0 N–H and O–H groups in total. The molecule has 1 nitrogen and oxygen atoms in total. The van der Waals surface area contributed by atoms with Crippen molar-refractivity contribution >= 4 is 12.8 Å². The van der Waals surface area contributed by atoms with Gasteiger partial charge in [0.1, 0.15) is 0 Å². The van der Waals surface area contributed by atoms with Crippen LogP contribution >= 0.6 is 0 Å². The molecule has 0 saturated carbocycles. The van der Waals surface area contributed by atoms with Crippen molar-refractivity contribution in [3.63, 3.8) is 0 Å².